The smallest absolute Gasteiger partial charge is 0.357 e. The second kappa shape index (κ2) is 4.57. The van der Waals surface area contributed by atoms with E-state index in [-0.39, 0.29) is 11.6 Å². The average Bonchev–Trinajstić information content (AvgIpc) is 2.49. The number of methoxy groups -OCH3 is 1. The Balaban J connectivity index is 2.66. The van der Waals surface area contributed by atoms with Crippen molar-refractivity contribution >= 4 is 65.5 Å². The fourth-order valence-electron chi connectivity index (χ4n) is 1.63. The van der Waals surface area contributed by atoms with Crippen LogP contribution in [0.1, 0.15) is 16.1 Å². The van der Waals surface area contributed by atoms with E-state index in [4.69, 9.17) is 0 Å². The van der Waals surface area contributed by atoms with Crippen LogP contribution in [0.2, 0.25) is 0 Å². The zero-order valence-corrected chi connectivity index (χ0v) is 14.1. The number of likely N-dealkylation sites (N-methyl/N-ethyl adjacent to an activating group) is 1. The minimum absolute atomic E-state index is 0.133. The maximum atomic E-state index is 12.0. The fourth-order valence-corrected chi connectivity index (χ4v) is 3.22. The molecule has 18 heavy (non-hydrogen) atoms. The fraction of sp³-hybridized carbons (Fsp3) is 0.300. The lowest BCUT2D eigenvalue weighted by atomic mass is 10.2. The molecule has 0 aliphatic carbocycles. The summed E-state index contributed by atoms with van der Waals surface area (Å²) in [5, 5.41) is 0. The lowest BCUT2D eigenvalue weighted by molar-refractivity contribution is -0.117. The molecule has 0 radical (unpaired) electrons. The number of esters is 1. The van der Waals surface area contributed by atoms with Gasteiger partial charge < -0.3 is 4.74 Å². The summed E-state index contributed by atoms with van der Waals surface area (Å²) in [7, 11) is 2.87. The number of rotatable bonds is 1. The van der Waals surface area contributed by atoms with Gasteiger partial charge in [-0.05, 0) is 22.0 Å². The molecule has 0 spiro atoms. The molecule has 0 aromatic carbocycles. The predicted molar refractivity (Wildman–Crippen MR) is 76.2 cm³/mol. The van der Waals surface area contributed by atoms with Gasteiger partial charge in [-0.3, -0.25) is 9.69 Å². The van der Waals surface area contributed by atoms with Crippen molar-refractivity contribution in [3.8, 4) is 0 Å². The highest BCUT2D eigenvalue weighted by Crippen LogP contribution is 2.50. The minimum atomic E-state index is -1.01. The molecule has 0 saturated carbocycles. The van der Waals surface area contributed by atoms with Crippen molar-refractivity contribution in [1.29, 1.82) is 0 Å². The number of halogens is 3. The molecule has 1 aliphatic rings. The molecule has 0 atom stereocenters. The molecule has 0 saturated heterocycles. The van der Waals surface area contributed by atoms with Crippen LogP contribution in [-0.4, -0.2) is 31.0 Å². The van der Waals surface area contributed by atoms with Crippen LogP contribution >= 0.6 is 47.8 Å². The topological polar surface area (TPSA) is 59.5 Å². The normalized spacial score (nSPS) is 16.7. The monoisotopic (exact) mass is 440 g/mol. The molecular weight excluding hydrogens is 436 g/mol. The van der Waals surface area contributed by atoms with Crippen molar-refractivity contribution in [3.05, 3.63) is 21.8 Å². The van der Waals surface area contributed by atoms with Gasteiger partial charge in [0.15, 0.2) is 8.93 Å². The van der Waals surface area contributed by atoms with Crippen LogP contribution in [0.25, 0.3) is 0 Å². The van der Waals surface area contributed by atoms with E-state index >= 15 is 0 Å². The van der Waals surface area contributed by atoms with Crippen molar-refractivity contribution in [3.63, 3.8) is 0 Å². The first kappa shape index (κ1) is 14.0. The zero-order valence-electron chi connectivity index (χ0n) is 9.33. The van der Waals surface area contributed by atoms with Crippen molar-refractivity contribution in [2.75, 3.05) is 19.1 Å². The van der Waals surface area contributed by atoms with E-state index in [0.29, 0.717) is 15.9 Å². The standard InChI is InChI=1S/C10H7Br3N2O3/c1-15-7-4(10(12,13)9(15)17)3-5(11)6(14-7)8(16)18-2/h3H,1-2H3. The molecule has 0 bridgehead atoms. The Morgan fingerprint density at radius 3 is 2.67 bits per heavy atom. The van der Waals surface area contributed by atoms with Crippen LogP contribution in [0.4, 0.5) is 5.82 Å². The highest BCUT2D eigenvalue weighted by molar-refractivity contribution is 9.25. The summed E-state index contributed by atoms with van der Waals surface area (Å²) in [5.41, 5.74) is 0.767. The summed E-state index contributed by atoms with van der Waals surface area (Å²) in [5.74, 6) is -0.358. The molecule has 5 nitrogen and oxygen atoms in total. The lowest BCUT2D eigenvalue weighted by Gasteiger charge is -2.11. The highest BCUT2D eigenvalue weighted by Gasteiger charge is 2.47. The number of pyridine rings is 1. The Hall–Kier alpha value is -0.470. The molecule has 0 fully saturated rings. The number of amides is 1. The highest BCUT2D eigenvalue weighted by atomic mass is 79.9. The van der Waals surface area contributed by atoms with Crippen LogP contribution in [0.15, 0.2) is 10.5 Å². The molecule has 1 aromatic rings. The number of carbonyl (C=O) groups is 2. The predicted octanol–water partition coefficient (Wildman–Crippen LogP) is 2.55. The van der Waals surface area contributed by atoms with Gasteiger partial charge in [0, 0.05) is 12.6 Å². The number of alkyl halides is 2. The van der Waals surface area contributed by atoms with Crippen LogP contribution in [0.5, 0.6) is 0 Å². The van der Waals surface area contributed by atoms with Gasteiger partial charge in [-0.1, -0.05) is 31.9 Å². The van der Waals surface area contributed by atoms with E-state index in [9.17, 15) is 9.59 Å². The molecule has 1 aromatic heterocycles. The Kier molecular flexibility index (Phi) is 3.54. The third-order valence-corrected chi connectivity index (χ3v) is 4.70. The van der Waals surface area contributed by atoms with E-state index < -0.39 is 9.20 Å². The second-order valence-corrected chi connectivity index (χ2v) is 7.92. The summed E-state index contributed by atoms with van der Waals surface area (Å²) in [4.78, 5) is 29.1. The number of nitrogens with zero attached hydrogens (tertiary/aromatic N) is 2. The first-order valence-corrected chi connectivity index (χ1v) is 7.14. The summed E-state index contributed by atoms with van der Waals surface area (Å²) < 4.78 is 4.10. The average molecular weight is 443 g/mol. The van der Waals surface area contributed by atoms with Crippen molar-refractivity contribution in [2.24, 2.45) is 0 Å². The maximum absolute atomic E-state index is 12.0. The van der Waals surface area contributed by atoms with Crippen LogP contribution < -0.4 is 4.90 Å². The number of hydrogen-bond acceptors (Lipinski definition) is 4. The van der Waals surface area contributed by atoms with Gasteiger partial charge in [-0.15, -0.1) is 0 Å². The molecule has 0 N–H and O–H groups in total. The first-order chi connectivity index (χ1) is 8.30. The number of anilines is 1. The molecule has 96 valence electrons. The number of carbonyl (C=O) groups excluding carboxylic acids is 2. The van der Waals surface area contributed by atoms with Gasteiger partial charge in [0.1, 0.15) is 5.82 Å². The van der Waals surface area contributed by atoms with Crippen molar-refractivity contribution in [1.82, 2.24) is 4.98 Å². The molecule has 1 amide bonds. The zero-order chi connectivity index (χ0) is 13.7. The molecule has 1 aliphatic heterocycles. The van der Waals surface area contributed by atoms with E-state index in [2.05, 4.69) is 57.5 Å². The lowest BCUT2D eigenvalue weighted by Crippen LogP contribution is -2.29. The largest absolute Gasteiger partial charge is 0.464 e. The van der Waals surface area contributed by atoms with Crippen LogP contribution in [0.3, 0.4) is 0 Å². The Bertz CT molecular complexity index is 560. The second-order valence-electron chi connectivity index (χ2n) is 3.62. The van der Waals surface area contributed by atoms with E-state index in [0.717, 1.165) is 0 Å². The summed E-state index contributed by atoms with van der Waals surface area (Å²) in [6.45, 7) is 0. The maximum Gasteiger partial charge on any atom is 0.357 e. The quantitative estimate of drug-likeness (QED) is 0.495. The van der Waals surface area contributed by atoms with Gasteiger partial charge in [-0.25, -0.2) is 9.78 Å². The number of aromatic nitrogens is 1. The summed E-state index contributed by atoms with van der Waals surface area (Å²) >= 11 is 9.86. The third kappa shape index (κ3) is 1.90. The van der Waals surface area contributed by atoms with E-state index in [1.165, 1.54) is 12.0 Å². The number of hydrogen-bond donors (Lipinski definition) is 0. The van der Waals surface area contributed by atoms with Crippen molar-refractivity contribution < 1.29 is 14.3 Å². The third-order valence-electron chi connectivity index (χ3n) is 2.56. The Morgan fingerprint density at radius 1 is 1.50 bits per heavy atom. The van der Waals surface area contributed by atoms with E-state index in [1.807, 2.05) is 0 Å². The molecular formula is C10H7Br3N2O3. The number of fused-ring (bicyclic) bond motifs is 1. The number of ether oxygens (including phenoxy) is 1. The van der Waals surface area contributed by atoms with Crippen LogP contribution in [-0.2, 0) is 12.8 Å². The van der Waals surface area contributed by atoms with Gasteiger partial charge in [-0.2, -0.15) is 0 Å². The van der Waals surface area contributed by atoms with Crippen LogP contribution in [0, 0.1) is 0 Å². The Labute approximate surface area is 128 Å². The molecule has 2 rings (SSSR count). The van der Waals surface area contributed by atoms with Gasteiger partial charge in [0.2, 0.25) is 0 Å². The molecule has 2 heterocycles. The summed E-state index contributed by atoms with van der Waals surface area (Å²) in [6, 6.07) is 1.67. The van der Waals surface area contributed by atoms with Gasteiger partial charge in [0.05, 0.1) is 11.6 Å². The SMILES string of the molecule is COC(=O)c1nc2c(cc1Br)C(Br)(Br)C(=O)N2C. The first-order valence-electron chi connectivity index (χ1n) is 4.76. The van der Waals surface area contributed by atoms with Crippen molar-refractivity contribution in [2.45, 2.75) is 3.23 Å². The molecule has 8 heteroatoms. The van der Waals surface area contributed by atoms with Gasteiger partial charge in [0.25, 0.3) is 5.91 Å². The molecule has 0 unspecified atom stereocenters. The Morgan fingerprint density at radius 2 is 2.11 bits per heavy atom. The minimum Gasteiger partial charge on any atom is -0.464 e. The van der Waals surface area contributed by atoms with Gasteiger partial charge >= 0.3 is 5.97 Å². The van der Waals surface area contributed by atoms with E-state index in [1.54, 1.807) is 13.1 Å². The summed E-state index contributed by atoms with van der Waals surface area (Å²) in [6.07, 6.45) is 0.